The maximum Gasteiger partial charge on any atom is 0.138 e. The number of hydrogen-bond donors (Lipinski definition) is 2. The van der Waals surface area contributed by atoms with Gasteiger partial charge in [0.2, 0.25) is 0 Å². The summed E-state index contributed by atoms with van der Waals surface area (Å²) in [5.74, 6) is 0.0878. The molecule has 0 unspecified atom stereocenters. The monoisotopic (exact) mass is 202 g/mol. The van der Waals surface area contributed by atoms with Gasteiger partial charge in [-0.1, -0.05) is 18.9 Å². The van der Waals surface area contributed by atoms with Crippen molar-refractivity contribution in [2.24, 2.45) is 0 Å². The van der Waals surface area contributed by atoms with Crippen molar-refractivity contribution < 1.29 is 5.11 Å². The van der Waals surface area contributed by atoms with E-state index in [1.807, 2.05) is 0 Å². The molecule has 0 bridgehead atoms. The van der Waals surface area contributed by atoms with Crippen LogP contribution >= 0.6 is 0 Å². The summed E-state index contributed by atoms with van der Waals surface area (Å²) in [4.78, 5) is 0. The normalized spacial score (nSPS) is 18.6. The molecule has 0 amide bonds. The van der Waals surface area contributed by atoms with Gasteiger partial charge in [0.25, 0.3) is 0 Å². The van der Waals surface area contributed by atoms with Crippen LogP contribution in [-0.4, -0.2) is 5.11 Å². The van der Waals surface area contributed by atoms with Crippen molar-refractivity contribution >= 4 is 5.69 Å². The number of phenolic OH excluding ortho intramolecular Hbond substituents is 1. The molecule has 15 heavy (non-hydrogen) atoms. The van der Waals surface area contributed by atoms with Gasteiger partial charge in [0, 0.05) is 0 Å². The van der Waals surface area contributed by atoms with Gasteiger partial charge in [-0.05, 0) is 30.5 Å². The van der Waals surface area contributed by atoms with E-state index < -0.39 is 0 Å². The number of hydrogen-bond acceptors (Lipinski definition) is 3. The molecular weight excluding hydrogens is 188 g/mol. The molecule has 1 aliphatic carbocycles. The molecule has 0 radical (unpaired) electrons. The summed E-state index contributed by atoms with van der Waals surface area (Å²) >= 11 is 0. The first-order valence-electron chi connectivity index (χ1n) is 5.18. The Kier molecular flexibility index (Phi) is 2.28. The summed E-state index contributed by atoms with van der Waals surface area (Å²) in [7, 11) is 0. The van der Waals surface area contributed by atoms with Gasteiger partial charge in [-0.3, -0.25) is 0 Å². The summed E-state index contributed by atoms with van der Waals surface area (Å²) in [6, 6.07) is 7.51. The minimum absolute atomic E-state index is 0.0878. The number of nitrogens with zero attached hydrogens (tertiary/aromatic N) is 1. The largest absolute Gasteiger partial charge is 0.506 e. The summed E-state index contributed by atoms with van der Waals surface area (Å²) < 4.78 is 0. The van der Waals surface area contributed by atoms with E-state index in [1.165, 1.54) is 0 Å². The molecule has 1 saturated carbocycles. The zero-order valence-electron chi connectivity index (χ0n) is 8.53. The highest BCUT2D eigenvalue weighted by molar-refractivity contribution is 5.55. The Bertz CT molecular complexity index is 414. The predicted octanol–water partition coefficient (Wildman–Crippen LogP) is 2.31. The van der Waals surface area contributed by atoms with Crippen LogP contribution in [0.4, 0.5) is 5.69 Å². The Labute approximate surface area is 89.1 Å². The first-order chi connectivity index (χ1) is 7.18. The van der Waals surface area contributed by atoms with E-state index in [1.54, 1.807) is 18.2 Å². The minimum atomic E-state index is -0.373. The first kappa shape index (κ1) is 9.85. The van der Waals surface area contributed by atoms with E-state index in [-0.39, 0.29) is 11.2 Å². The van der Waals surface area contributed by atoms with E-state index in [0.717, 1.165) is 31.2 Å². The van der Waals surface area contributed by atoms with Gasteiger partial charge in [0.05, 0.1) is 17.2 Å². The Balaban J connectivity index is 2.44. The van der Waals surface area contributed by atoms with E-state index in [2.05, 4.69) is 6.07 Å². The molecule has 0 spiro atoms. The average Bonchev–Trinajstić information content (AvgIpc) is 2.72. The molecule has 1 fully saturated rings. The van der Waals surface area contributed by atoms with E-state index in [4.69, 9.17) is 5.73 Å². The third kappa shape index (κ3) is 1.52. The van der Waals surface area contributed by atoms with Crippen molar-refractivity contribution in [2.45, 2.75) is 31.1 Å². The molecule has 2 rings (SSSR count). The second kappa shape index (κ2) is 3.47. The highest BCUT2D eigenvalue weighted by Gasteiger charge is 2.35. The number of rotatable bonds is 1. The van der Waals surface area contributed by atoms with Crippen LogP contribution in [0.25, 0.3) is 0 Å². The van der Waals surface area contributed by atoms with Gasteiger partial charge in [-0.25, -0.2) is 0 Å². The molecule has 1 aromatic rings. The number of nitriles is 1. The highest BCUT2D eigenvalue weighted by Crippen LogP contribution is 2.41. The van der Waals surface area contributed by atoms with Crippen molar-refractivity contribution in [3.8, 4) is 11.8 Å². The SMILES string of the molecule is N#CC1(c2ccc(O)c(N)c2)CCCC1. The van der Waals surface area contributed by atoms with Gasteiger partial charge >= 0.3 is 0 Å². The molecule has 78 valence electrons. The topological polar surface area (TPSA) is 70.0 Å². The average molecular weight is 202 g/mol. The van der Waals surface area contributed by atoms with Crippen LogP contribution in [0, 0.1) is 11.3 Å². The summed E-state index contributed by atoms with van der Waals surface area (Å²) in [6.07, 6.45) is 3.98. The molecule has 1 aromatic carbocycles. The zero-order valence-corrected chi connectivity index (χ0v) is 8.53. The molecule has 0 saturated heterocycles. The Hall–Kier alpha value is -1.69. The molecule has 0 aromatic heterocycles. The van der Waals surface area contributed by atoms with Gasteiger partial charge < -0.3 is 10.8 Å². The van der Waals surface area contributed by atoms with Crippen molar-refractivity contribution in [2.75, 3.05) is 5.73 Å². The Morgan fingerprint density at radius 1 is 1.33 bits per heavy atom. The fraction of sp³-hybridized carbons (Fsp3) is 0.417. The molecule has 3 N–H and O–H groups in total. The predicted molar refractivity (Wildman–Crippen MR) is 58.3 cm³/mol. The lowest BCUT2D eigenvalue weighted by Crippen LogP contribution is -2.19. The van der Waals surface area contributed by atoms with Gasteiger partial charge in [0.15, 0.2) is 0 Å². The maximum absolute atomic E-state index is 9.34. The number of aromatic hydroxyl groups is 1. The van der Waals surface area contributed by atoms with Gasteiger partial charge in [0.1, 0.15) is 5.75 Å². The second-order valence-electron chi connectivity index (χ2n) is 4.17. The number of anilines is 1. The van der Waals surface area contributed by atoms with E-state index in [0.29, 0.717) is 5.69 Å². The first-order valence-corrected chi connectivity index (χ1v) is 5.18. The maximum atomic E-state index is 9.34. The minimum Gasteiger partial charge on any atom is -0.506 e. The lowest BCUT2D eigenvalue weighted by Gasteiger charge is -2.21. The van der Waals surface area contributed by atoms with Crippen molar-refractivity contribution in [3.63, 3.8) is 0 Å². The van der Waals surface area contributed by atoms with Crippen LogP contribution in [0.3, 0.4) is 0 Å². The molecule has 0 heterocycles. The van der Waals surface area contributed by atoms with Crippen LogP contribution in [0.5, 0.6) is 5.75 Å². The Morgan fingerprint density at radius 3 is 2.53 bits per heavy atom. The standard InChI is InChI=1S/C12H14N2O/c13-8-12(5-1-2-6-12)9-3-4-11(15)10(14)7-9/h3-4,7,15H,1-2,5-6,14H2. The third-order valence-corrected chi connectivity index (χ3v) is 3.25. The van der Waals surface area contributed by atoms with Crippen LogP contribution in [0.15, 0.2) is 18.2 Å². The van der Waals surface area contributed by atoms with E-state index in [9.17, 15) is 10.4 Å². The van der Waals surface area contributed by atoms with Gasteiger partial charge in [-0.2, -0.15) is 5.26 Å². The zero-order chi connectivity index (χ0) is 10.9. The summed E-state index contributed by atoms with van der Waals surface area (Å²) in [6.45, 7) is 0. The molecule has 3 heteroatoms. The lowest BCUT2D eigenvalue weighted by molar-refractivity contribution is 0.476. The van der Waals surface area contributed by atoms with Gasteiger partial charge in [-0.15, -0.1) is 0 Å². The number of phenols is 1. The van der Waals surface area contributed by atoms with Crippen molar-refractivity contribution in [1.82, 2.24) is 0 Å². The van der Waals surface area contributed by atoms with Crippen LogP contribution in [0.2, 0.25) is 0 Å². The molecule has 0 aliphatic heterocycles. The number of nitrogens with two attached hydrogens (primary N) is 1. The summed E-state index contributed by atoms with van der Waals surface area (Å²) in [5, 5.41) is 18.6. The van der Waals surface area contributed by atoms with Crippen LogP contribution in [-0.2, 0) is 5.41 Å². The molecular formula is C12H14N2O. The number of benzene rings is 1. The number of nitrogen functional groups attached to an aromatic ring is 1. The second-order valence-corrected chi connectivity index (χ2v) is 4.17. The smallest absolute Gasteiger partial charge is 0.138 e. The van der Waals surface area contributed by atoms with Crippen molar-refractivity contribution in [1.29, 1.82) is 5.26 Å². The van der Waals surface area contributed by atoms with Crippen molar-refractivity contribution in [3.05, 3.63) is 23.8 Å². The lowest BCUT2D eigenvalue weighted by atomic mass is 9.80. The highest BCUT2D eigenvalue weighted by atomic mass is 16.3. The fourth-order valence-corrected chi connectivity index (χ4v) is 2.30. The van der Waals surface area contributed by atoms with Crippen LogP contribution in [0.1, 0.15) is 31.2 Å². The fourth-order valence-electron chi connectivity index (χ4n) is 2.30. The molecule has 3 nitrogen and oxygen atoms in total. The van der Waals surface area contributed by atoms with Crippen LogP contribution < -0.4 is 5.73 Å². The molecule has 0 atom stereocenters. The Morgan fingerprint density at radius 2 is 2.00 bits per heavy atom. The third-order valence-electron chi connectivity index (χ3n) is 3.25. The van der Waals surface area contributed by atoms with E-state index >= 15 is 0 Å². The quantitative estimate of drug-likeness (QED) is 0.542. The summed E-state index contributed by atoms with van der Waals surface area (Å²) in [5.41, 5.74) is 6.57. The molecule has 1 aliphatic rings.